The molecule has 96 valence electrons. The van der Waals surface area contributed by atoms with Crippen molar-refractivity contribution >= 4 is 40.4 Å². The Labute approximate surface area is 116 Å². The van der Waals surface area contributed by atoms with E-state index in [1.54, 1.807) is 30.1 Å². The smallest absolute Gasteiger partial charge is 0.244 e. The van der Waals surface area contributed by atoms with Crippen molar-refractivity contribution in [3.8, 4) is 0 Å². The van der Waals surface area contributed by atoms with Gasteiger partial charge in [-0.25, -0.2) is 0 Å². The van der Waals surface area contributed by atoms with Gasteiger partial charge in [0.05, 0.1) is 0 Å². The van der Waals surface area contributed by atoms with Crippen LogP contribution in [0.5, 0.6) is 0 Å². The Balaban J connectivity index is 2.25. The highest BCUT2D eigenvalue weighted by molar-refractivity contribution is 7.80. The molecule has 0 aromatic heterocycles. The van der Waals surface area contributed by atoms with Crippen molar-refractivity contribution in [3.05, 3.63) is 28.8 Å². The Bertz CT molecular complexity index is 506. The van der Waals surface area contributed by atoms with Crippen LogP contribution in [-0.4, -0.2) is 35.4 Å². The predicted molar refractivity (Wildman–Crippen MR) is 77.0 cm³/mol. The molecule has 0 aliphatic carbocycles. The zero-order valence-corrected chi connectivity index (χ0v) is 11.5. The molecule has 6 heteroatoms. The third-order valence-corrected chi connectivity index (χ3v) is 3.46. The lowest BCUT2D eigenvalue weighted by Crippen LogP contribution is -2.31. The number of likely N-dealkylation sites (N-methyl/N-ethyl adjacent to an activating group) is 1. The van der Waals surface area contributed by atoms with Crippen molar-refractivity contribution in [1.29, 1.82) is 0 Å². The second kappa shape index (κ2) is 5.12. The lowest BCUT2D eigenvalue weighted by molar-refractivity contribution is -0.127. The zero-order valence-electron chi connectivity index (χ0n) is 9.94. The van der Waals surface area contributed by atoms with Gasteiger partial charge in [0.15, 0.2) is 0 Å². The first-order valence-corrected chi connectivity index (χ1v) is 6.38. The van der Waals surface area contributed by atoms with Gasteiger partial charge in [0.2, 0.25) is 5.91 Å². The van der Waals surface area contributed by atoms with Crippen LogP contribution >= 0.6 is 23.8 Å². The van der Waals surface area contributed by atoms with E-state index in [1.165, 1.54) is 0 Å². The molecular weight excluding hydrogens is 270 g/mol. The molecule has 18 heavy (non-hydrogen) atoms. The fourth-order valence-electron chi connectivity index (χ4n) is 1.99. The summed E-state index contributed by atoms with van der Waals surface area (Å²) in [5, 5.41) is 3.75. The molecule has 1 saturated heterocycles. The number of nitrogens with one attached hydrogen (secondary N) is 1. The summed E-state index contributed by atoms with van der Waals surface area (Å²) >= 11 is 10.9. The largest absolute Gasteiger partial charge is 0.389 e. The molecule has 1 aromatic rings. The van der Waals surface area contributed by atoms with Gasteiger partial charge in [0.1, 0.15) is 11.0 Å². The van der Waals surface area contributed by atoms with Crippen LogP contribution < -0.4 is 11.1 Å². The van der Waals surface area contributed by atoms with Crippen molar-refractivity contribution < 1.29 is 4.79 Å². The number of carbonyl (C=O) groups is 1. The number of nitrogens with two attached hydrogens (primary N) is 1. The van der Waals surface area contributed by atoms with Crippen molar-refractivity contribution in [1.82, 2.24) is 4.90 Å². The average molecular weight is 284 g/mol. The maximum Gasteiger partial charge on any atom is 0.244 e. The summed E-state index contributed by atoms with van der Waals surface area (Å²) in [4.78, 5) is 13.8. The molecule has 1 unspecified atom stereocenters. The molecular formula is C12H14ClN3OS. The molecule has 0 saturated carbocycles. The van der Waals surface area contributed by atoms with E-state index in [0.29, 0.717) is 16.3 Å². The lowest BCUT2D eigenvalue weighted by atomic mass is 10.1. The van der Waals surface area contributed by atoms with E-state index >= 15 is 0 Å². The molecule has 3 N–H and O–H groups in total. The maximum absolute atomic E-state index is 11.8. The predicted octanol–water partition coefficient (Wildman–Crippen LogP) is 1.62. The van der Waals surface area contributed by atoms with Crippen molar-refractivity contribution in [2.75, 3.05) is 18.9 Å². The molecule has 1 fully saturated rings. The SMILES string of the molecule is CN1CCC(Nc2cc(Cl)ccc2C(N)=S)C1=O. The number of rotatable bonds is 3. The van der Waals surface area contributed by atoms with Gasteiger partial charge in [0.25, 0.3) is 0 Å². The fraction of sp³-hybridized carbons (Fsp3) is 0.333. The van der Waals surface area contributed by atoms with E-state index in [9.17, 15) is 4.79 Å². The Morgan fingerprint density at radius 2 is 2.33 bits per heavy atom. The Hall–Kier alpha value is -1.33. The number of anilines is 1. The molecule has 1 aromatic carbocycles. The monoisotopic (exact) mass is 283 g/mol. The molecule has 4 nitrogen and oxygen atoms in total. The number of amides is 1. The minimum Gasteiger partial charge on any atom is -0.389 e. The molecule has 1 atom stereocenters. The molecule has 1 aliphatic rings. The van der Waals surface area contributed by atoms with Crippen LogP contribution in [0.25, 0.3) is 0 Å². The number of halogens is 1. The highest BCUT2D eigenvalue weighted by atomic mass is 35.5. The lowest BCUT2D eigenvalue weighted by Gasteiger charge is -2.16. The molecule has 0 radical (unpaired) electrons. The molecule has 2 rings (SSSR count). The van der Waals surface area contributed by atoms with Gasteiger partial charge in [-0.3, -0.25) is 4.79 Å². The highest BCUT2D eigenvalue weighted by Gasteiger charge is 2.29. The number of likely N-dealkylation sites (tertiary alicyclic amines) is 1. The Morgan fingerprint density at radius 1 is 1.61 bits per heavy atom. The van der Waals surface area contributed by atoms with Crippen LogP contribution in [0.1, 0.15) is 12.0 Å². The number of hydrogen-bond donors (Lipinski definition) is 2. The normalized spacial score (nSPS) is 19.1. The first-order chi connectivity index (χ1) is 8.49. The number of nitrogens with zero attached hydrogens (tertiary/aromatic N) is 1. The average Bonchev–Trinajstić information content (AvgIpc) is 2.61. The van der Waals surface area contributed by atoms with E-state index < -0.39 is 0 Å². The van der Waals surface area contributed by atoms with Gasteiger partial charge in [-0.2, -0.15) is 0 Å². The second-order valence-corrected chi connectivity index (χ2v) is 5.18. The summed E-state index contributed by atoms with van der Waals surface area (Å²) in [7, 11) is 1.79. The summed E-state index contributed by atoms with van der Waals surface area (Å²) in [6.07, 6.45) is 0.763. The van der Waals surface area contributed by atoms with Crippen molar-refractivity contribution in [2.24, 2.45) is 5.73 Å². The van der Waals surface area contributed by atoms with Crippen LogP contribution in [0.2, 0.25) is 5.02 Å². The van der Waals surface area contributed by atoms with Crippen LogP contribution in [0.3, 0.4) is 0 Å². The van der Waals surface area contributed by atoms with Gasteiger partial charge in [-0.15, -0.1) is 0 Å². The number of hydrogen-bond acceptors (Lipinski definition) is 3. The Kier molecular flexibility index (Phi) is 3.73. The number of benzene rings is 1. The summed E-state index contributed by atoms with van der Waals surface area (Å²) in [6, 6.07) is 4.99. The third-order valence-electron chi connectivity index (χ3n) is 3.00. The minimum absolute atomic E-state index is 0.0730. The number of carbonyl (C=O) groups excluding carboxylic acids is 1. The van der Waals surface area contributed by atoms with E-state index in [2.05, 4.69) is 5.32 Å². The maximum atomic E-state index is 11.8. The van der Waals surface area contributed by atoms with Gasteiger partial charge < -0.3 is 16.0 Å². The Morgan fingerprint density at radius 3 is 2.89 bits per heavy atom. The molecule has 0 spiro atoms. The minimum atomic E-state index is -0.235. The summed E-state index contributed by atoms with van der Waals surface area (Å²) in [5.74, 6) is 0.0730. The van der Waals surface area contributed by atoms with Crippen LogP contribution in [-0.2, 0) is 4.79 Å². The molecule has 1 aliphatic heterocycles. The van der Waals surface area contributed by atoms with E-state index in [-0.39, 0.29) is 16.9 Å². The van der Waals surface area contributed by atoms with Gasteiger partial charge in [-0.05, 0) is 24.6 Å². The summed E-state index contributed by atoms with van der Waals surface area (Å²) in [6.45, 7) is 0.749. The standard InChI is InChI=1S/C12H14ClN3OS/c1-16-5-4-9(12(16)17)15-10-6-7(13)2-3-8(10)11(14)18/h2-3,6,9,15H,4-5H2,1H3,(H2,14,18). The second-order valence-electron chi connectivity index (χ2n) is 4.30. The first kappa shape index (κ1) is 13.1. The highest BCUT2D eigenvalue weighted by Crippen LogP contribution is 2.24. The molecule has 0 bridgehead atoms. The van der Waals surface area contributed by atoms with Crippen molar-refractivity contribution in [2.45, 2.75) is 12.5 Å². The zero-order chi connectivity index (χ0) is 13.3. The van der Waals surface area contributed by atoms with Gasteiger partial charge >= 0.3 is 0 Å². The molecule has 1 amide bonds. The molecule has 1 heterocycles. The van der Waals surface area contributed by atoms with Crippen LogP contribution in [0.4, 0.5) is 5.69 Å². The van der Waals surface area contributed by atoms with Crippen LogP contribution in [0, 0.1) is 0 Å². The fourth-order valence-corrected chi connectivity index (χ4v) is 2.34. The quantitative estimate of drug-likeness (QED) is 0.828. The number of thiocarbonyl (C=S) groups is 1. The van der Waals surface area contributed by atoms with E-state index in [1.807, 2.05) is 0 Å². The van der Waals surface area contributed by atoms with E-state index in [4.69, 9.17) is 29.6 Å². The summed E-state index contributed by atoms with van der Waals surface area (Å²) < 4.78 is 0. The third kappa shape index (κ3) is 2.57. The van der Waals surface area contributed by atoms with Crippen LogP contribution in [0.15, 0.2) is 18.2 Å². The van der Waals surface area contributed by atoms with Gasteiger partial charge in [0, 0.05) is 29.9 Å². The first-order valence-electron chi connectivity index (χ1n) is 5.60. The van der Waals surface area contributed by atoms with Crippen molar-refractivity contribution in [3.63, 3.8) is 0 Å². The van der Waals surface area contributed by atoms with E-state index in [0.717, 1.165) is 13.0 Å². The summed E-state index contributed by atoms with van der Waals surface area (Å²) in [5.41, 5.74) is 7.07. The van der Waals surface area contributed by atoms with Gasteiger partial charge in [-0.1, -0.05) is 23.8 Å². The topological polar surface area (TPSA) is 58.4 Å².